The molecule has 106 valence electrons. The third-order valence-corrected chi connectivity index (χ3v) is 3.00. The number of hydrogen-bond acceptors (Lipinski definition) is 3. The van der Waals surface area contributed by atoms with E-state index >= 15 is 0 Å². The first kappa shape index (κ1) is 14.4. The van der Waals surface area contributed by atoms with Gasteiger partial charge in [0.1, 0.15) is 17.2 Å². The maximum absolute atomic E-state index is 5.87. The average Bonchev–Trinajstić information content (AvgIpc) is 2.48. The van der Waals surface area contributed by atoms with E-state index < -0.39 is 0 Å². The molecule has 0 spiro atoms. The second-order valence-corrected chi connectivity index (χ2v) is 4.73. The number of benzene rings is 2. The van der Waals surface area contributed by atoms with Crippen LogP contribution in [0.5, 0.6) is 17.2 Å². The summed E-state index contributed by atoms with van der Waals surface area (Å²) in [6.07, 6.45) is 1.00. The fraction of sp³-hybridized carbons (Fsp3) is 0.294. The van der Waals surface area contributed by atoms with Gasteiger partial charge in [0, 0.05) is 6.54 Å². The smallest absolute Gasteiger partial charge is 0.130 e. The highest BCUT2D eigenvalue weighted by molar-refractivity contribution is 5.40. The summed E-state index contributed by atoms with van der Waals surface area (Å²) < 4.78 is 11.4. The lowest BCUT2D eigenvalue weighted by molar-refractivity contribution is 0.317. The van der Waals surface area contributed by atoms with Gasteiger partial charge in [0.15, 0.2) is 0 Å². The summed E-state index contributed by atoms with van der Waals surface area (Å²) in [5.41, 5.74) is 7.82. The summed E-state index contributed by atoms with van der Waals surface area (Å²) in [5, 5.41) is 0. The largest absolute Gasteiger partial charge is 0.494 e. The van der Waals surface area contributed by atoms with E-state index in [0.29, 0.717) is 6.54 Å². The molecule has 0 aliphatic heterocycles. The van der Waals surface area contributed by atoms with Crippen molar-refractivity contribution < 1.29 is 9.47 Å². The van der Waals surface area contributed by atoms with Crippen molar-refractivity contribution in [3.8, 4) is 17.2 Å². The van der Waals surface area contributed by atoms with Crippen LogP contribution < -0.4 is 15.2 Å². The van der Waals surface area contributed by atoms with Gasteiger partial charge in [-0.05, 0) is 54.8 Å². The lowest BCUT2D eigenvalue weighted by atomic mass is 10.1. The molecule has 0 saturated carbocycles. The van der Waals surface area contributed by atoms with E-state index in [2.05, 4.69) is 6.92 Å². The molecule has 20 heavy (non-hydrogen) atoms. The van der Waals surface area contributed by atoms with Crippen molar-refractivity contribution >= 4 is 0 Å². The summed E-state index contributed by atoms with van der Waals surface area (Å²) in [6.45, 7) is 5.39. The van der Waals surface area contributed by atoms with E-state index in [0.717, 1.165) is 41.4 Å². The zero-order chi connectivity index (χ0) is 14.4. The molecular weight excluding hydrogens is 250 g/mol. The molecule has 0 aliphatic carbocycles. The lowest BCUT2D eigenvalue weighted by Crippen LogP contribution is -1.97. The Bertz CT molecular complexity index is 549. The molecule has 0 heterocycles. The van der Waals surface area contributed by atoms with Crippen molar-refractivity contribution in [1.29, 1.82) is 0 Å². The lowest BCUT2D eigenvalue weighted by Gasteiger charge is -2.11. The highest BCUT2D eigenvalue weighted by Gasteiger charge is 2.03. The van der Waals surface area contributed by atoms with Gasteiger partial charge in [-0.15, -0.1) is 0 Å². The minimum absolute atomic E-state index is 0.546. The second kappa shape index (κ2) is 6.96. The van der Waals surface area contributed by atoms with Crippen LogP contribution in [0.4, 0.5) is 0 Å². The summed E-state index contributed by atoms with van der Waals surface area (Å²) in [4.78, 5) is 0. The van der Waals surface area contributed by atoms with E-state index in [9.17, 15) is 0 Å². The molecule has 2 aromatic rings. The molecule has 0 atom stereocenters. The number of ether oxygens (including phenoxy) is 2. The first-order valence-electron chi connectivity index (χ1n) is 6.93. The molecule has 0 bridgehead atoms. The molecule has 3 nitrogen and oxygen atoms in total. The van der Waals surface area contributed by atoms with E-state index in [4.69, 9.17) is 15.2 Å². The van der Waals surface area contributed by atoms with Gasteiger partial charge in [-0.25, -0.2) is 0 Å². The summed E-state index contributed by atoms with van der Waals surface area (Å²) in [6, 6.07) is 13.7. The molecule has 3 heteroatoms. The van der Waals surface area contributed by atoms with Gasteiger partial charge in [0.05, 0.1) is 6.61 Å². The second-order valence-electron chi connectivity index (χ2n) is 4.73. The Balaban J connectivity index is 2.06. The third-order valence-electron chi connectivity index (χ3n) is 3.00. The molecule has 0 aromatic heterocycles. The Hall–Kier alpha value is -2.00. The maximum atomic E-state index is 5.87. The normalized spacial score (nSPS) is 10.3. The predicted molar refractivity (Wildman–Crippen MR) is 81.4 cm³/mol. The van der Waals surface area contributed by atoms with Crippen molar-refractivity contribution in [2.45, 2.75) is 26.8 Å². The van der Waals surface area contributed by atoms with Crippen LogP contribution in [0.3, 0.4) is 0 Å². The highest BCUT2D eigenvalue weighted by Crippen LogP contribution is 2.27. The van der Waals surface area contributed by atoms with Crippen molar-refractivity contribution in [3.63, 3.8) is 0 Å². The van der Waals surface area contributed by atoms with Crippen LogP contribution in [-0.2, 0) is 6.54 Å². The molecule has 0 aliphatic rings. The van der Waals surface area contributed by atoms with Gasteiger partial charge in [-0.3, -0.25) is 0 Å². The Morgan fingerprint density at radius 1 is 1.00 bits per heavy atom. The van der Waals surface area contributed by atoms with Gasteiger partial charge in [0.2, 0.25) is 0 Å². The molecule has 2 N–H and O–H groups in total. The van der Waals surface area contributed by atoms with Crippen LogP contribution >= 0.6 is 0 Å². The number of nitrogens with two attached hydrogens (primary N) is 1. The minimum Gasteiger partial charge on any atom is -0.494 e. The maximum Gasteiger partial charge on any atom is 0.130 e. The summed E-state index contributed by atoms with van der Waals surface area (Å²) >= 11 is 0. The Kier molecular flexibility index (Phi) is 5.02. The van der Waals surface area contributed by atoms with Gasteiger partial charge >= 0.3 is 0 Å². The topological polar surface area (TPSA) is 44.5 Å². The molecule has 0 saturated heterocycles. The van der Waals surface area contributed by atoms with Crippen LogP contribution in [0.25, 0.3) is 0 Å². The first-order chi connectivity index (χ1) is 9.72. The van der Waals surface area contributed by atoms with E-state index in [-0.39, 0.29) is 0 Å². The average molecular weight is 271 g/mol. The quantitative estimate of drug-likeness (QED) is 0.862. The first-order valence-corrected chi connectivity index (χ1v) is 6.93. The van der Waals surface area contributed by atoms with E-state index in [1.54, 1.807) is 0 Å². The molecule has 2 rings (SSSR count). The van der Waals surface area contributed by atoms with Crippen molar-refractivity contribution in [3.05, 3.63) is 53.6 Å². The van der Waals surface area contributed by atoms with Crippen LogP contribution in [0, 0.1) is 6.92 Å². The Morgan fingerprint density at radius 3 is 2.30 bits per heavy atom. The summed E-state index contributed by atoms with van der Waals surface area (Å²) in [7, 11) is 0. The fourth-order valence-electron chi connectivity index (χ4n) is 1.90. The van der Waals surface area contributed by atoms with E-state index in [1.807, 2.05) is 49.4 Å². The van der Waals surface area contributed by atoms with Gasteiger partial charge in [0.25, 0.3) is 0 Å². The van der Waals surface area contributed by atoms with Crippen molar-refractivity contribution in [1.82, 2.24) is 0 Å². The highest BCUT2D eigenvalue weighted by atomic mass is 16.5. The van der Waals surface area contributed by atoms with Gasteiger partial charge in [-0.1, -0.05) is 19.1 Å². The van der Waals surface area contributed by atoms with Crippen LogP contribution in [0.2, 0.25) is 0 Å². The van der Waals surface area contributed by atoms with Crippen LogP contribution in [-0.4, -0.2) is 6.61 Å². The van der Waals surface area contributed by atoms with E-state index in [1.165, 1.54) is 0 Å². The Morgan fingerprint density at radius 2 is 1.70 bits per heavy atom. The van der Waals surface area contributed by atoms with Gasteiger partial charge in [-0.2, -0.15) is 0 Å². The molecule has 2 aromatic carbocycles. The standard InChI is InChI=1S/C17H21NO2/c1-3-10-19-15-5-7-16(8-6-15)20-17-9-4-14(12-18)11-13(17)2/h4-9,11H,3,10,12,18H2,1-2H3. The summed E-state index contributed by atoms with van der Waals surface area (Å²) in [5.74, 6) is 2.52. The number of rotatable bonds is 6. The zero-order valence-corrected chi connectivity index (χ0v) is 12.1. The number of hydrogen-bond donors (Lipinski definition) is 1. The van der Waals surface area contributed by atoms with Crippen LogP contribution in [0.1, 0.15) is 24.5 Å². The number of aryl methyl sites for hydroxylation is 1. The minimum atomic E-state index is 0.546. The van der Waals surface area contributed by atoms with Crippen LogP contribution in [0.15, 0.2) is 42.5 Å². The SMILES string of the molecule is CCCOc1ccc(Oc2ccc(CN)cc2C)cc1. The molecule has 0 radical (unpaired) electrons. The molecule has 0 unspecified atom stereocenters. The molecule has 0 amide bonds. The third kappa shape index (κ3) is 3.75. The fourth-order valence-corrected chi connectivity index (χ4v) is 1.90. The molecule has 0 fully saturated rings. The zero-order valence-electron chi connectivity index (χ0n) is 12.1. The molecular formula is C17H21NO2. The Labute approximate surface area is 120 Å². The van der Waals surface area contributed by atoms with Crippen molar-refractivity contribution in [2.24, 2.45) is 5.73 Å². The predicted octanol–water partition coefficient (Wildman–Crippen LogP) is 4.03. The van der Waals surface area contributed by atoms with Gasteiger partial charge < -0.3 is 15.2 Å². The van der Waals surface area contributed by atoms with Crippen molar-refractivity contribution in [2.75, 3.05) is 6.61 Å². The monoisotopic (exact) mass is 271 g/mol.